The van der Waals surface area contributed by atoms with Crippen LogP contribution in [0.1, 0.15) is 18.9 Å². The topological polar surface area (TPSA) is 38.7 Å². The van der Waals surface area contributed by atoms with Gasteiger partial charge < -0.3 is 14.3 Å². The van der Waals surface area contributed by atoms with Crippen LogP contribution in [0, 0.1) is 11.6 Å². The Hall–Kier alpha value is -2.08. The molecule has 3 nitrogen and oxygen atoms in total. The van der Waals surface area contributed by atoms with Gasteiger partial charge in [-0.1, -0.05) is 37.6 Å². The highest BCUT2D eigenvalue weighted by atomic mass is 19.2. The summed E-state index contributed by atoms with van der Waals surface area (Å²) in [6.07, 6.45) is 1.14. The van der Waals surface area contributed by atoms with E-state index < -0.39 is 24.7 Å². The molecule has 0 fully saturated rings. The third-order valence-corrected chi connectivity index (χ3v) is 2.85. The molecule has 0 saturated carbocycles. The normalized spacial score (nSPS) is 10.3. The molecular weight excluding hydrogens is 277 g/mol. The number of para-hydroxylation sites is 1. The van der Waals surface area contributed by atoms with E-state index in [9.17, 15) is 13.8 Å². The van der Waals surface area contributed by atoms with Gasteiger partial charge in [0, 0.05) is 0 Å². The Morgan fingerprint density at radius 1 is 1.00 bits per heavy atom. The monoisotopic (exact) mass is 292 g/mol. The van der Waals surface area contributed by atoms with Crippen molar-refractivity contribution in [3.63, 3.8) is 0 Å². The molecule has 110 valence electrons. The van der Waals surface area contributed by atoms with E-state index in [1.165, 1.54) is 12.1 Å². The first-order valence-corrected chi connectivity index (χ1v) is 6.65. The second kappa shape index (κ2) is 7.08. The molecule has 0 amide bonds. The molecule has 0 atom stereocenters. The lowest BCUT2D eigenvalue weighted by Crippen LogP contribution is -2.30. The first-order valence-electron chi connectivity index (χ1n) is 6.65. The van der Waals surface area contributed by atoms with Crippen LogP contribution < -0.4 is 9.31 Å². The van der Waals surface area contributed by atoms with Crippen molar-refractivity contribution in [2.75, 3.05) is 0 Å². The van der Waals surface area contributed by atoms with Crippen molar-refractivity contribution in [1.82, 2.24) is 0 Å². The summed E-state index contributed by atoms with van der Waals surface area (Å²) in [5, 5.41) is 9.61. The van der Waals surface area contributed by atoms with Crippen LogP contribution in [0.25, 0.3) is 0 Å². The van der Waals surface area contributed by atoms with Crippen LogP contribution in [0.15, 0.2) is 42.5 Å². The third kappa shape index (κ3) is 3.95. The fourth-order valence-electron chi connectivity index (χ4n) is 1.87. The molecule has 0 aliphatic heterocycles. The van der Waals surface area contributed by atoms with Gasteiger partial charge in [-0.25, -0.2) is 4.39 Å². The molecule has 1 N–H and O–H groups in total. The molecule has 0 heterocycles. The van der Waals surface area contributed by atoms with Crippen molar-refractivity contribution in [3.8, 4) is 11.5 Å². The van der Waals surface area contributed by atoms with E-state index in [1.54, 1.807) is 30.3 Å². The van der Waals surface area contributed by atoms with Crippen LogP contribution in [-0.4, -0.2) is 12.3 Å². The van der Waals surface area contributed by atoms with E-state index in [0.29, 0.717) is 18.6 Å². The second-order valence-electron chi connectivity index (χ2n) is 4.46. The Bertz CT molecular complexity index is 593. The predicted octanol–water partition coefficient (Wildman–Crippen LogP) is 3.35. The fraction of sp³-hybridized carbons (Fsp3) is 0.200. The summed E-state index contributed by atoms with van der Waals surface area (Å²) in [6.45, 7) is 1.87. The molecular formula is C15H15BF2O3. The van der Waals surface area contributed by atoms with Crippen LogP contribution in [0.4, 0.5) is 8.78 Å². The summed E-state index contributed by atoms with van der Waals surface area (Å²) < 4.78 is 37.5. The van der Waals surface area contributed by atoms with Crippen molar-refractivity contribution in [3.05, 3.63) is 59.7 Å². The summed E-state index contributed by atoms with van der Waals surface area (Å²) in [4.78, 5) is 0. The molecule has 0 radical (unpaired) electrons. The van der Waals surface area contributed by atoms with Crippen LogP contribution in [0.2, 0.25) is 0 Å². The van der Waals surface area contributed by atoms with Crippen LogP contribution in [0.5, 0.6) is 11.5 Å². The van der Waals surface area contributed by atoms with E-state index in [1.807, 2.05) is 6.92 Å². The summed E-state index contributed by atoms with van der Waals surface area (Å²) in [5.41, 5.74) is 0.279. The third-order valence-electron chi connectivity index (χ3n) is 2.85. The first-order chi connectivity index (χ1) is 10.1. The predicted molar refractivity (Wildman–Crippen MR) is 76.0 cm³/mol. The van der Waals surface area contributed by atoms with Crippen LogP contribution in [-0.2, 0) is 6.42 Å². The lowest BCUT2D eigenvalue weighted by Gasteiger charge is -2.13. The zero-order chi connectivity index (χ0) is 15.2. The zero-order valence-corrected chi connectivity index (χ0v) is 11.6. The fourth-order valence-corrected chi connectivity index (χ4v) is 1.87. The van der Waals surface area contributed by atoms with Crippen molar-refractivity contribution in [1.29, 1.82) is 0 Å². The highest BCUT2D eigenvalue weighted by Gasteiger charge is 2.24. The minimum absolute atomic E-state index is 0.279. The molecule has 2 aromatic rings. The summed E-state index contributed by atoms with van der Waals surface area (Å²) in [6, 6.07) is 11.1. The summed E-state index contributed by atoms with van der Waals surface area (Å²) in [7, 11) is -1.72. The van der Waals surface area contributed by atoms with E-state index in [0.717, 1.165) is 0 Å². The standard InChI is InChI=1S/C15H15BF2O3/c1-2-6-11-9-10-13(15(18)14(11)17)21-16(19)20-12-7-4-3-5-8-12/h3-5,7-10,19H,2,6H2,1H3. The van der Waals surface area contributed by atoms with Crippen LogP contribution >= 0.6 is 0 Å². The van der Waals surface area contributed by atoms with E-state index in [2.05, 4.69) is 0 Å². The Labute approximate surface area is 122 Å². The number of benzene rings is 2. The van der Waals surface area contributed by atoms with Gasteiger partial charge in [0.05, 0.1) is 0 Å². The number of hydrogen-bond acceptors (Lipinski definition) is 3. The van der Waals surface area contributed by atoms with Crippen molar-refractivity contribution < 1.29 is 23.1 Å². The number of aryl methyl sites for hydroxylation is 1. The molecule has 2 rings (SSSR count). The van der Waals surface area contributed by atoms with Crippen molar-refractivity contribution in [2.45, 2.75) is 19.8 Å². The van der Waals surface area contributed by atoms with Gasteiger partial charge in [-0.05, 0) is 30.2 Å². The molecule has 6 heteroatoms. The minimum Gasteiger partial charge on any atom is -0.501 e. The van der Waals surface area contributed by atoms with Crippen molar-refractivity contribution >= 4 is 7.32 Å². The molecule has 0 aromatic heterocycles. The van der Waals surface area contributed by atoms with Gasteiger partial charge in [-0.2, -0.15) is 4.39 Å². The van der Waals surface area contributed by atoms with E-state index in [-0.39, 0.29) is 5.56 Å². The van der Waals surface area contributed by atoms with Crippen molar-refractivity contribution in [2.24, 2.45) is 0 Å². The highest BCUT2D eigenvalue weighted by Crippen LogP contribution is 2.24. The lowest BCUT2D eigenvalue weighted by atomic mass is 10.1. The SMILES string of the molecule is CCCc1ccc(OB(O)Oc2ccccc2)c(F)c1F. The first kappa shape index (κ1) is 15.3. The number of halogens is 2. The van der Waals surface area contributed by atoms with E-state index in [4.69, 9.17) is 9.31 Å². The number of hydrogen-bond donors (Lipinski definition) is 1. The molecule has 0 aliphatic rings. The molecule has 0 spiro atoms. The molecule has 0 bridgehead atoms. The molecule has 0 saturated heterocycles. The Kier molecular flexibility index (Phi) is 5.17. The second-order valence-corrected chi connectivity index (χ2v) is 4.46. The van der Waals surface area contributed by atoms with Gasteiger partial charge in [0.15, 0.2) is 11.6 Å². The molecule has 2 aromatic carbocycles. The highest BCUT2D eigenvalue weighted by molar-refractivity contribution is 6.36. The Morgan fingerprint density at radius 2 is 1.71 bits per heavy atom. The van der Waals surface area contributed by atoms with Gasteiger partial charge in [-0.15, -0.1) is 0 Å². The van der Waals surface area contributed by atoms with Gasteiger partial charge in [0.1, 0.15) is 11.5 Å². The quantitative estimate of drug-likeness (QED) is 0.830. The maximum Gasteiger partial charge on any atom is 0.785 e. The minimum atomic E-state index is -1.72. The van der Waals surface area contributed by atoms with Crippen LogP contribution in [0.3, 0.4) is 0 Å². The maximum absolute atomic E-state index is 13.8. The van der Waals surface area contributed by atoms with Gasteiger partial charge >= 0.3 is 7.32 Å². The largest absolute Gasteiger partial charge is 0.785 e. The average molecular weight is 292 g/mol. The lowest BCUT2D eigenvalue weighted by molar-refractivity contribution is 0.288. The van der Waals surface area contributed by atoms with Gasteiger partial charge in [0.25, 0.3) is 0 Å². The summed E-state index contributed by atoms with van der Waals surface area (Å²) >= 11 is 0. The number of rotatable bonds is 6. The Morgan fingerprint density at radius 3 is 2.38 bits per heavy atom. The van der Waals surface area contributed by atoms with Gasteiger partial charge in [-0.3, -0.25) is 0 Å². The average Bonchev–Trinajstić information content (AvgIpc) is 2.48. The zero-order valence-electron chi connectivity index (χ0n) is 11.6. The maximum atomic E-state index is 13.8. The smallest absolute Gasteiger partial charge is 0.501 e. The van der Waals surface area contributed by atoms with Gasteiger partial charge in [0.2, 0.25) is 0 Å². The Balaban J connectivity index is 2.07. The molecule has 21 heavy (non-hydrogen) atoms. The summed E-state index contributed by atoms with van der Waals surface area (Å²) in [5.74, 6) is -2.12. The van der Waals surface area contributed by atoms with E-state index >= 15 is 0 Å². The molecule has 0 aliphatic carbocycles. The molecule has 0 unspecified atom stereocenters.